The smallest absolute Gasteiger partial charge is 0.266 e. The van der Waals surface area contributed by atoms with Crippen molar-refractivity contribution in [1.29, 1.82) is 0 Å². The first kappa shape index (κ1) is 15.0. The van der Waals surface area contributed by atoms with Gasteiger partial charge in [-0.25, -0.2) is 15.0 Å². The minimum Gasteiger partial charge on any atom is -0.331 e. The molecule has 1 fully saturated rings. The standard InChI is InChI=1S/C18H16N4OS/c1-12-15(24-17(21-12)16-19-9-5-10-20-16)18(23)22-11-8-14(22)13-6-3-2-4-7-13/h2-7,9-10,14H,8,11H2,1H3/t14-/m1/s1. The largest absolute Gasteiger partial charge is 0.331 e. The highest BCUT2D eigenvalue weighted by Crippen LogP contribution is 2.36. The van der Waals surface area contributed by atoms with Gasteiger partial charge in [0.15, 0.2) is 10.8 Å². The van der Waals surface area contributed by atoms with Gasteiger partial charge in [-0.15, -0.1) is 11.3 Å². The van der Waals surface area contributed by atoms with Crippen LogP contribution in [0, 0.1) is 6.92 Å². The molecule has 0 radical (unpaired) electrons. The van der Waals surface area contributed by atoms with Crippen LogP contribution in [0.25, 0.3) is 10.8 Å². The first-order valence-electron chi connectivity index (χ1n) is 7.85. The highest BCUT2D eigenvalue weighted by molar-refractivity contribution is 7.17. The van der Waals surface area contributed by atoms with Crippen LogP contribution in [0.3, 0.4) is 0 Å². The van der Waals surface area contributed by atoms with Crippen LogP contribution in [0.5, 0.6) is 0 Å². The Hall–Kier alpha value is -2.60. The quantitative estimate of drug-likeness (QED) is 0.734. The van der Waals surface area contributed by atoms with Crippen molar-refractivity contribution in [2.75, 3.05) is 6.54 Å². The van der Waals surface area contributed by atoms with Crippen molar-refractivity contribution in [3.63, 3.8) is 0 Å². The Bertz CT molecular complexity index is 863. The van der Waals surface area contributed by atoms with E-state index in [1.807, 2.05) is 30.0 Å². The molecule has 4 rings (SSSR count). The highest BCUT2D eigenvalue weighted by Gasteiger charge is 2.35. The Morgan fingerprint density at radius 1 is 1.17 bits per heavy atom. The van der Waals surface area contributed by atoms with E-state index in [1.54, 1.807) is 18.5 Å². The van der Waals surface area contributed by atoms with E-state index in [-0.39, 0.29) is 11.9 Å². The average Bonchev–Trinajstić information content (AvgIpc) is 2.97. The van der Waals surface area contributed by atoms with E-state index in [0.717, 1.165) is 18.7 Å². The van der Waals surface area contributed by atoms with Crippen LogP contribution in [-0.2, 0) is 0 Å². The maximum Gasteiger partial charge on any atom is 0.266 e. The lowest BCUT2D eigenvalue weighted by Crippen LogP contribution is -2.45. The second-order valence-corrected chi connectivity index (χ2v) is 6.72. The number of hydrogen-bond donors (Lipinski definition) is 0. The van der Waals surface area contributed by atoms with Gasteiger partial charge in [-0.1, -0.05) is 30.3 Å². The predicted molar refractivity (Wildman–Crippen MR) is 92.7 cm³/mol. The average molecular weight is 336 g/mol. The molecule has 0 saturated carbocycles. The Morgan fingerprint density at radius 2 is 1.92 bits per heavy atom. The minimum absolute atomic E-state index is 0.0484. The van der Waals surface area contributed by atoms with Crippen molar-refractivity contribution < 1.29 is 4.79 Å². The molecule has 1 saturated heterocycles. The number of aryl methyl sites for hydroxylation is 1. The van der Waals surface area contributed by atoms with Crippen LogP contribution < -0.4 is 0 Å². The fraction of sp³-hybridized carbons (Fsp3) is 0.222. The van der Waals surface area contributed by atoms with Crippen molar-refractivity contribution >= 4 is 17.2 Å². The highest BCUT2D eigenvalue weighted by atomic mass is 32.1. The fourth-order valence-corrected chi connectivity index (χ4v) is 3.85. The molecule has 1 aliphatic heterocycles. The zero-order valence-electron chi connectivity index (χ0n) is 13.2. The minimum atomic E-state index is 0.0484. The number of carbonyl (C=O) groups excluding carboxylic acids is 1. The van der Waals surface area contributed by atoms with Gasteiger partial charge in [-0.05, 0) is 25.0 Å². The van der Waals surface area contributed by atoms with Gasteiger partial charge < -0.3 is 4.90 Å². The Labute approximate surface area is 144 Å². The molecule has 1 aromatic carbocycles. The maximum absolute atomic E-state index is 12.9. The molecule has 0 aliphatic carbocycles. The molecule has 0 unspecified atom stereocenters. The van der Waals surface area contributed by atoms with Gasteiger partial charge in [0.05, 0.1) is 11.7 Å². The summed E-state index contributed by atoms with van der Waals surface area (Å²) in [6.07, 6.45) is 4.37. The molecule has 24 heavy (non-hydrogen) atoms. The number of hydrogen-bond acceptors (Lipinski definition) is 5. The van der Waals surface area contributed by atoms with Gasteiger partial charge in [0.2, 0.25) is 0 Å². The summed E-state index contributed by atoms with van der Waals surface area (Å²) in [5, 5.41) is 0.688. The molecule has 0 N–H and O–H groups in total. The summed E-state index contributed by atoms with van der Waals surface area (Å²) in [6.45, 7) is 2.65. The summed E-state index contributed by atoms with van der Waals surface area (Å²) < 4.78 is 0. The summed E-state index contributed by atoms with van der Waals surface area (Å²) in [7, 11) is 0. The van der Waals surface area contributed by atoms with Gasteiger partial charge in [-0.2, -0.15) is 0 Å². The van der Waals surface area contributed by atoms with Crippen molar-refractivity contribution in [1.82, 2.24) is 19.9 Å². The van der Waals surface area contributed by atoms with Crippen LogP contribution >= 0.6 is 11.3 Å². The molecular weight excluding hydrogens is 320 g/mol. The lowest BCUT2D eigenvalue weighted by atomic mass is 9.94. The Kier molecular flexibility index (Phi) is 3.82. The topological polar surface area (TPSA) is 59.0 Å². The molecule has 0 bridgehead atoms. The lowest BCUT2D eigenvalue weighted by Gasteiger charge is -2.41. The number of aromatic nitrogens is 3. The van der Waals surface area contributed by atoms with Crippen LogP contribution in [0.4, 0.5) is 0 Å². The number of thiazole rings is 1. The molecule has 1 amide bonds. The van der Waals surface area contributed by atoms with Gasteiger partial charge in [0, 0.05) is 18.9 Å². The van der Waals surface area contributed by atoms with Gasteiger partial charge >= 0.3 is 0 Å². The van der Waals surface area contributed by atoms with Crippen molar-refractivity contribution in [2.24, 2.45) is 0 Å². The van der Waals surface area contributed by atoms with E-state index in [9.17, 15) is 4.79 Å². The van der Waals surface area contributed by atoms with Gasteiger partial charge in [0.1, 0.15) is 4.88 Å². The zero-order chi connectivity index (χ0) is 16.5. The first-order chi connectivity index (χ1) is 11.7. The number of nitrogens with zero attached hydrogens (tertiary/aromatic N) is 4. The second kappa shape index (κ2) is 6.13. The molecule has 120 valence electrons. The third kappa shape index (κ3) is 2.59. The van der Waals surface area contributed by atoms with E-state index in [4.69, 9.17) is 0 Å². The molecule has 6 heteroatoms. The van der Waals surface area contributed by atoms with E-state index in [2.05, 4.69) is 27.1 Å². The predicted octanol–water partition coefficient (Wildman–Crippen LogP) is 3.50. The van der Waals surface area contributed by atoms with Gasteiger partial charge in [-0.3, -0.25) is 4.79 Å². The monoisotopic (exact) mass is 336 g/mol. The van der Waals surface area contributed by atoms with Crippen molar-refractivity contribution in [3.8, 4) is 10.8 Å². The summed E-state index contributed by atoms with van der Waals surface area (Å²) >= 11 is 1.37. The summed E-state index contributed by atoms with van der Waals surface area (Å²) in [6, 6.07) is 12.1. The van der Waals surface area contributed by atoms with E-state index in [1.165, 1.54) is 16.9 Å². The Morgan fingerprint density at radius 3 is 2.58 bits per heavy atom. The first-order valence-corrected chi connectivity index (χ1v) is 8.66. The fourth-order valence-electron chi connectivity index (χ4n) is 2.88. The third-order valence-corrected chi connectivity index (χ3v) is 5.35. The van der Waals surface area contributed by atoms with Crippen LogP contribution in [-0.4, -0.2) is 32.3 Å². The number of benzene rings is 1. The summed E-state index contributed by atoms with van der Waals surface area (Å²) in [5.74, 6) is 0.611. The van der Waals surface area contributed by atoms with Crippen LogP contribution in [0.2, 0.25) is 0 Å². The number of rotatable bonds is 3. The summed E-state index contributed by atoms with van der Waals surface area (Å²) in [5.41, 5.74) is 1.93. The molecular formula is C18H16N4OS. The Balaban J connectivity index is 1.60. The molecule has 3 aromatic rings. The SMILES string of the molecule is Cc1nc(-c2ncccn2)sc1C(=O)N1CC[C@@H]1c1ccccc1. The zero-order valence-corrected chi connectivity index (χ0v) is 14.0. The van der Waals surface area contributed by atoms with Crippen molar-refractivity contribution in [2.45, 2.75) is 19.4 Å². The van der Waals surface area contributed by atoms with Crippen LogP contribution in [0.1, 0.15) is 33.4 Å². The molecule has 1 aliphatic rings. The molecule has 2 aromatic heterocycles. The van der Waals surface area contributed by atoms with Crippen LogP contribution in [0.15, 0.2) is 48.8 Å². The molecule has 3 heterocycles. The number of carbonyl (C=O) groups is 1. The second-order valence-electron chi connectivity index (χ2n) is 5.72. The molecule has 5 nitrogen and oxygen atoms in total. The normalized spacial score (nSPS) is 16.7. The van der Waals surface area contributed by atoms with Crippen molar-refractivity contribution in [3.05, 3.63) is 64.9 Å². The van der Waals surface area contributed by atoms with E-state index >= 15 is 0 Å². The number of likely N-dealkylation sites (tertiary alicyclic amines) is 1. The van der Waals surface area contributed by atoms with E-state index < -0.39 is 0 Å². The lowest BCUT2D eigenvalue weighted by molar-refractivity contribution is 0.0464. The molecule has 1 atom stereocenters. The number of amides is 1. The third-order valence-electron chi connectivity index (χ3n) is 4.21. The maximum atomic E-state index is 12.9. The van der Waals surface area contributed by atoms with Gasteiger partial charge in [0.25, 0.3) is 5.91 Å². The molecule has 0 spiro atoms. The van der Waals surface area contributed by atoms with E-state index in [0.29, 0.717) is 15.7 Å². The summed E-state index contributed by atoms with van der Waals surface area (Å²) in [4.78, 5) is 28.5.